The monoisotopic (exact) mass is 213 g/mol. The van der Waals surface area contributed by atoms with Crippen molar-refractivity contribution in [3.05, 3.63) is 12.2 Å². The van der Waals surface area contributed by atoms with Crippen LogP contribution in [0.2, 0.25) is 0 Å². The fourth-order valence-corrected chi connectivity index (χ4v) is 2.18. The minimum Gasteiger partial charge on any atom is -0.480 e. The molecule has 76 valence electrons. The molecule has 0 aromatic heterocycles. The predicted molar refractivity (Wildman–Crippen MR) is 55.7 cm³/mol. The summed E-state index contributed by atoms with van der Waals surface area (Å²) in [4.78, 5) is 25.6. The Morgan fingerprint density at radius 1 is 1.57 bits per heavy atom. The van der Waals surface area contributed by atoms with Crippen molar-refractivity contribution in [1.29, 1.82) is 0 Å². The van der Waals surface area contributed by atoms with Crippen molar-refractivity contribution in [3.63, 3.8) is 0 Å². The molecule has 14 heavy (non-hydrogen) atoms. The molecule has 0 amide bonds. The van der Waals surface area contributed by atoms with Gasteiger partial charge < -0.3 is 5.11 Å². The van der Waals surface area contributed by atoms with Crippen LogP contribution in [0.5, 0.6) is 0 Å². The topological polar surface area (TPSA) is 66.7 Å². The van der Waals surface area contributed by atoms with Crippen LogP contribution in [0, 0.1) is 0 Å². The molecule has 0 saturated heterocycles. The number of rotatable bonds is 3. The largest absolute Gasteiger partial charge is 0.480 e. The first kappa shape index (κ1) is 11.0. The van der Waals surface area contributed by atoms with E-state index in [9.17, 15) is 9.59 Å². The number of carboxylic acid groups (broad SMARTS) is 1. The summed E-state index contributed by atoms with van der Waals surface area (Å²) in [7, 11) is 0. The van der Waals surface area contributed by atoms with Crippen molar-refractivity contribution in [3.8, 4) is 0 Å². The van der Waals surface area contributed by atoms with E-state index >= 15 is 0 Å². The molecule has 5 heteroatoms. The minimum atomic E-state index is -0.962. The van der Waals surface area contributed by atoms with E-state index < -0.39 is 12.0 Å². The summed E-state index contributed by atoms with van der Waals surface area (Å²) in [5.41, 5.74) is 0.297. The van der Waals surface area contributed by atoms with Crippen LogP contribution in [-0.2, 0) is 9.59 Å². The quantitative estimate of drug-likeness (QED) is 0.713. The van der Waals surface area contributed by atoms with Gasteiger partial charge in [-0.15, -0.1) is 11.8 Å². The van der Waals surface area contributed by atoms with Crippen LogP contribution >= 0.6 is 11.8 Å². The van der Waals surface area contributed by atoms with Crippen molar-refractivity contribution >= 4 is 28.6 Å². The van der Waals surface area contributed by atoms with Gasteiger partial charge in [0.05, 0.1) is 0 Å². The van der Waals surface area contributed by atoms with Crippen LogP contribution in [0.25, 0.3) is 0 Å². The Morgan fingerprint density at radius 3 is 2.50 bits per heavy atom. The summed E-state index contributed by atoms with van der Waals surface area (Å²) >= 11 is 1.29. The zero-order valence-electron chi connectivity index (χ0n) is 7.98. The average molecular weight is 213 g/mol. The van der Waals surface area contributed by atoms with Gasteiger partial charge >= 0.3 is 5.97 Å². The zero-order chi connectivity index (χ0) is 10.9. The second kappa shape index (κ2) is 3.96. The predicted octanol–water partition coefficient (Wildman–Crippen LogP) is 1.12. The Morgan fingerprint density at radius 2 is 2.14 bits per heavy atom. The molecule has 1 rings (SSSR count). The number of Topliss-reactive ketones (excluding diaryl/α,β-unsaturated/α-hetero) is 1. The Kier molecular flexibility index (Phi) is 3.10. The first-order valence-corrected chi connectivity index (χ1v) is 4.99. The second-order valence-corrected chi connectivity index (χ2v) is 4.44. The van der Waals surface area contributed by atoms with Gasteiger partial charge in [0.15, 0.2) is 11.8 Å². The average Bonchev–Trinajstić information content (AvgIpc) is 2.45. The maximum atomic E-state index is 11.0. The van der Waals surface area contributed by atoms with E-state index in [2.05, 4.69) is 11.6 Å². The van der Waals surface area contributed by atoms with Gasteiger partial charge in [0, 0.05) is 10.8 Å². The molecule has 0 bridgehead atoms. The number of ketones is 1. The standard InChI is InChI=1S/C9H11NO3S/c1-4(5(2)11)8-10-7(9(12)13)6(3)14-8/h6-7H,1H2,2-3H3,(H,12,13). The third-order valence-electron chi connectivity index (χ3n) is 1.93. The maximum Gasteiger partial charge on any atom is 0.329 e. The van der Waals surface area contributed by atoms with Crippen LogP contribution in [0.15, 0.2) is 17.1 Å². The molecular formula is C9H11NO3S. The number of carboxylic acids is 1. The van der Waals surface area contributed by atoms with Gasteiger partial charge in [-0.3, -0.25) is 9.79 Å². The lowest BCUT2D eigenvalue weighted by atomic mass is 10.2. The van der Waals surface area contributed by atoms with Crippen molar-refractivity contribution in [2.45, 2.75) is 25.1 Å². The molecule has 1 heterocycles. The zero-order valence-corrected chi connectivity index (χ0v) is 8.80. The molecule has 0 spiro atoms. The molecular weight excluding hydrogens is 202 g/mol. The smallest absolute Gasteiger partial charge is 0.329 e. The Labute approximate surface area is 86.1 Å². The van der Waals surface area contributed by atoms with Crippen LogP contribution < -0.4 is 0 Å². The highest BCUT2D eigenvalue weighted by Gasteiger charge is 2.33. The lowest BCUT2D eigenvalue weighted by Crippen LogP contribution is -2.24. The Balaban J connectivity index is 2.85. The fourth-order valence-electron chi connectivity index (χ4n) is 1.06. The number of nitrogens with zero attached hydrogens (tertiary/aromatic N) is 1. The molecule has 0 aromatic rings. The number of aliphatic carboxylic acids is 1. The number of aliphatic imine (C=N–C) groups is 1. The molecule has 4 nitrogen and oxygen atoms in total. The number of carbonyl (C=O) groups excluding carboxylic acids is 1. The summed E-state index contributed by atoms with van der Waals surface area (Å²) < 4.78 is 0. The SMILES string of the molecule is C=C(C(C)=O)C1=NC(C(=O)O)C(C)S1. The van der Waals surface area contributed by atoms with Crippen molar-refractivity contribution in [1.82, 2.24) is 0 Å². The van der Waals surface area contributed by atoms with Crippen LogP contribution in [0.3, 0.4) is 0 Å². The lowest BCUT2D eigenvalue weighted by Gasteiger charge is -2.05. The highest BCUT2D eigenvalue weighted by Crippen LogP contribution is 2.29. The van der Waals surface area contributed by atoms with E-state index in [0.29, 0.717) is 10.6 Å². The normalized spacial score (nSPS) is 25.7. The highest BCUT2D eigenvalue weighted by atomic mass is 32.2. The molecule has 1 aliphatic rings. The maximum absolute atomic E-state index is 11.0. The third kappa shape index (κ3) is 2.04. The highest BCUT2D eigenvalue weighted by molar-refractivity contribution is 8.15. The van der Waals surface area contributed by atoms with Crippen molar-refractivity contribution in [2.24, 2.45) is 4.99 Å². The van der Waals surface area contributed by atoms with Crippen molar-refractivity contribution < 1.29 is 14.7 Å². The first-order valence-electron chi connectivity index (χ1n) is 4.11. The number of hydrogen-bond donors (Lipinski definition) is 1. The van der Waals surface area contributed by atoms with E-state index in [0.717, 1.165) is 0 Å². The van der Waals surface area contributed by atoms with Gasteiger partial charge in [0.2, 0.25) is 0 Å². The van der Waals surface area contributed by atoms with Crippen LogP contribution in [-0.4, -0.2) is 33.2 Å². The van der Waals surface area contributed by atoms with Gasteiger partial charge in [-0.2, -0.15) is 0 Å². The van der Waals surface area contributed by atoms with Gasteiger partial charge in [-0.05, 0) is 6.92 Å². The van der Waals surface area contributed by atoms with Gasteiger partial charge in [0.25, 0.3) is 0 Å². The molecule has 1 N–H and O–H groups in total. The van der Waals surface area contributed by atoms with Gasteiger partial charge in [-0.25, -0.2) is 4.79 Å². The second-order valence-electron chi connectivity index (χ2n) is 3.08. The van der Waals surface area contributed by atoms with E-state index in [1.807, 2.05) is 0 Å². The molecule has 0 radical (unpaired) electrons. The van der Waals surface area contributed by atoms with Gasteiger partial charge in [-0.1, -0.05) is 13.5 Å². The Hall–Kier alpha value is -1.10. The molecule has 2 atom stereocenters. The fraction of sp³-hybridized carbons (Fsp3) is 0.444. The van der Waals surface area contributed by atoms with Gasteiger partial charge in [0.1, 0.15) is 5.04 Å². The van der Waals surface area contributed by atoms with E-state index in [1.54, 1.807) is 6.92 Å². The van der Waals surface area contributed by atoms with Crippen LogP contribution in [0.4, 0.5) is 0 Å². The number of thioether (sulfide) groups is 1. The Bertz CT molecular complexity index is 335. The molecule has 0 aromatic carbocycles. The summed E-state index contributed by atoms with van der Waals surface area (Å²) in [6.07, 6.45) is 0. The molecule has 0 fully saturated rings. The molecule has 0 aliphatic carbocycles. The number of hydrogen-bond acceptors (Lipinski definition) is 4. The summed E-state index contributed by atoms with van der Waals surface area (Å²) in [5.74, 6) is -1.13. The summed E-state index contributed by atoms with van der Waals surface area (Å²) in [6, 6.07) is -0.758. The summed E-state index contributed by atoms with van der Waals surface area (Å²) in [6.45, 7) is 6.73. The van der Waals surface area contributed by atoms with E-state index in [1.165, 1.54) is 18.7 Å². The minimum absolute atomic E-state index is 0.140. The first-order chi connectivity index (χ1) is 6.43. The van der Waals surface area contributed by atoms with Crippen molar-refractivity contribution in [2.75, 3.05) is 0 Å². The van der Waals surface area contributed by atoms with E-state index in [-0.39, 0.29) is 11.0 Å². The lowest BCUT2D eigenvalue weighted by molar-refractivity contribution is -0.138. The third-order valence-corrected chi connectivity index (χ3v) is 3.14. The number of carbonyl (C=O) groups is 2. The molecule has 1 aliphatic heterocycles. The molecule has 0 saturated carbocycles. The van der Waals surface area contributed by atoms with E-state index in [4.69, 9.17) is 5.11 Å². The van der Waals surface area contributed by atoms with Crippen LogP contribution in [0.1, 0.15) is 13.8 Å². The summed E-state index contributed by atoms with van der Waals surface area (Å²) in [5, 5.41) is 9.10. The molecule has 2 unspecified atom stereocenters.